The van der Waals surface area contributed by atoms with E-state index in [0.29, 0.717) is 37.0 Å². The Labute approximate surface area is 269 Å². The van der Waals surface area contributed by atoms with E-state index in [1.165, 1.54) is 19.4 Å². The molecule has 3 heterocycles. The van der Waals surface area contributed by atoms with Crippen molar-refractivity contribution in [2.45, 2.75) is 77.7 Å². The second kappa shape index (κ2) is 16.3. The predicted molar refractivity (Wildman–Crippen MR) is 159 cm³/mol. The maximum atomic E-state index is 13.3. The molecule has 1 saturated heterocycles. The van der Waals surface area contributed by atoms with Gasteiger partial charge in [-0.05, 0) is 12.3 Å². The van der Waals surface area contributed by atoms with Gasteiger partial charge in [-0.25, -0.2) is 15.0 Å². The van der Waals surface area contributed by atoms with Crippen molar-refractivity contribution in [3.8, 4) is 0 Å². The van der Waals surface area contributed by atoms with Crippen molar-refractivity contribution in [1.82, 2.24) is 25.2 Å². The maximum absolute atomic E-state index is 13.3. The topological polar surface area (TPSA) is 150 Å². The van der Waals surface area contributed by atoms with E-state index in [1.54, 1.807) is 18.9 Å². The number of thiazole rings is 1. The van der Waals surface area contributed by atoms with E-state index in [2.05, 4.69) is 20.3 Å². The van der Waals surface area contributed by atoms with Crippen molar-refractivity contribution in [3.05, 3.63) is 39.9 Å². The van der Waals surface area contributed by atoms with Gasteiger partial charge in [-0.2, -0.15) is 13.2 Å². The number of halogens is 3. The molecule has 4 atom stereocenters. The van der Waals surface area contributed by atoms with E-state index in [1.807, 2.05) is 13.8 Å². The van der Waals surface area contributed by atoms with Gasteiger partial charge in [-0.1, -0.05) is 20.8 Å². The van der Waals surface area contributed by atoms with E-state index in [0.717, 1.165) is 11.3 Å². The summed E-state index contributed by atoms with van der Waals surface area (Å²) in [5.74, 6) is -2.18. The lowest BCUT2D eigenvalue weighted by molar-refractivity contribution is -0.149. The first-order chi connectivity index (χ1) is 21.6. The maximum Gasteiger partial charge on any atom is 0.419 e. The van der Waals surface area contributed by atoms with Gasteiger partial charge in [0.05, 0.1) is 31.8 Å². The summed E-state index contributed by atoms with van der Waals surface area (Å²) in [6, 6.07) is -1.06. The highest BCUT2D eigenvalue weighted by Gasteiger charge is 2.34. The lowest BCUT2D eigenvalue weighted by Crippen LogP contribution is -2.44. The second-order valence-corrected chi connectivity index (χ2v) is 12.6. The summed E-state index contributed by atoms with van der Waals surface area (Å²) in [6.45, 7) is 7.87. The molecule has 3 rings (SSSR count). The highest BCUT2D eigenvalue weighted by molar-refractivity contribution is 7.09. The van der Waals surface area contributed by atoms with Crippen LogP contribution in [-0.4, -0.2) is 83.1 Å². The number of alkyl halides is 3. The number of aromatic nitrogens is 3. The van der Waals surface area contributed by atoms with Crippen LogP contribution in [0.2, 0.25) is 0 Å². The molecule has 1 N–H and O–H groups in total. The van der Waals surface area contributed by atoms with Crippen molar-refractivity contribution in [2.75, 3.05) is 27.4 Å². The molecule has 46 heavy (non-hydrogen) atoms. The molecule has 16 heteroatoms. The lowest BCUT2D eigenvalue weighted by Gasteiger charge is -2.35. The van der Waals surface area contributed by atoms with E-state index in [-0.39, 0.29) is 54.6 Å². The van der Waals surface area contributed by atoms with Gasteiger partial charge in [0.25, 0.3) is 5.91 Å². The van der Waals surface area contributed by atoms with E-state index in [4.69, 9.17) is 14.2 Å². The molecule has 2 amide bonds. The van der Waals surface area contributed by atoms with Gasteiger partial charge in [0.15, 0.2) is 6.10 Å². The lowest BCUT2D eigenvalue weighted by atomic mass is 9.95. The van der Waals surface area contributed by atoms with Crippen molar-refractivity contribution in [1.29, 1.82) is 0 Å². The quantitative estimate of drug-likeness (QED) is 0.275. The fraction of sp³-hybridized carbons (Fsp3) is 0.633. The van der Waals surface area contributed by atoms with E-state index >= 15 is 0 Å². The Hall–Kier alpha value is -3.66. The summed E-state index contributed by atoms with van der Waals surface area (Å²) in [5.41, 5.74) is -1.00. The minimum atomic E-state index is -4.61. The van der Waals surface area contributed by atoms with Gasteiger partial charge >= 0.3 is 18.1 Å². The SMILES string of the molecule is COC(=O)C(C)C[C@H](Cc1ncc(C(F)(F)F)cn1)NC(=O)c1csc(C(CC(C(C)C)N(C)C(=O)CC2COC2)OC(C)=O)n1. The number of hydrogen-bond donors (Lipinski definition) is 1. The van der Waals surface area contributed by atoms with Gasteiger partial charge in [-0.15, -0.1) is 11.3 Å². The van der Waals surface area contributed by atoms with Gasteiger partial charge in [0, 0.05) is 69.0 Å². The Bertz CT molecular complexity index is 1350. The van der Waals surface area contributed by atoms with Crippen LogP contribution in [0, 0.1) is 17.8 Å². The number of carbonyl (C=O) groups is 4. The third-order valence-corrected chi connectivity index (χ3v) is 8.60. The number of hydrogen-bond acceptors (Lipinski definition) is 11. The standard InChI is InChI=1S/C30H40F3N5O7S/c1-16(2)23(38(5)26(40)8-19-13-44-14-19)10-24(45-18(4)39)28-37-22(15-46-28)27(41)36-21(7-17(3)29(42)43-6)9-25-34-11-20(12-35-25)30(31,32)33/h11-12,15-17,19,21,23-24H,7-10,13-14H2,1-6H3,(H,36,41)/t17?,21-,23?,24?/m1/s1. The number of rotatable bonds is 15. The Morgan fingerprint density at radius 1 is 1.13 bits per heavy atom. The summed E-state index contributed by atoms with van der Waals surface area (Å²) in [6.07, 6.45) is -3.51. The van der Waals surface area contributed by atoms with E-state index in [9.17, 15) is 32.3 Å². The average molecular weight is 672 g/mol. The van der Waals surface area contributed by atoms with Crippen molar-refractivity contribution >= 4 is 35.1 Å². The molecule has 1 aliphatic heterocycles. The van der Waals surface area contributed by atoms with Gasteiger partial charge < -0.3 is 24.4 Å². The molecular weight excluding hydrogens is 631 g/mol. The van der Waals surface area contributed by atoms with Crippen LogP contribution in [-0.2, 0) is 41.2 Å². The molecular formula is C30H40F3N5O7S. The molecule has 0 aromatic carbocycles. The number of amides is 2. The van der Waals surface area contributed by atoms with Gasteiger partial charge in [0.1, 0.15) is 16.5 Å². The molecule has 254 valence electrons. The van der Waals surface area contributed by atoms with Crippen LogP contribution in [0.25, 0.3) is 0 Å². The van der Waals surface area contributed by atoms with Crippen LogP contribution in [0.3, 0.4) is 0 Å². The van der Waals surface area contributed by atoms with Crippen LogP contribution in [0.4, 0.5) is 13.2 Å². The molecule has 2 aromatic rings. The fourth-order valence-corrected chi connectivity index (χ4v) is 5.86. The largest absolute Gasteiger partial charge is 0.469 e. The number of methoxy groups -OCH3 is 1. The zero-order valence-corrected chi connectivity index (χ0v) is 27.4. The van der Waals surface area contributed by atoms with Crippen LogP contribution >= 0.6 is 11.3 Å². The third kappa shape index (κ3) is 10.4. The first kappa shape index (κ1) is 36.8. The Balaban J connectivity index is 1.78. The molecule has 0 aliphatic carbocycles. The number of ether oxygens (including phenoxy) is 3. The van der Waals surface area contributed by atoms with Gasteiger partial charge in [0.2, 0.25) is 5.91 Å². The minimum Gasteiger partial charge on any atom is -0.469 e. The third-order valence-electron chi connectivity index (χ3n) is 7.66. The highest BCUT2D eigenvalue weighted by Crippen LogP contribution is 2.31. The second-order valence-electron chi connectivity index (χ2n) is 11.7. The van der Waals surface area contributed by atoms with Crippen LogP contribution in [0.5, 0.6) is 0 Å². The molecule has 0 saturated carbocycles. The molecule has 3 unspecified atom stereocenters. The van der Waals surface area contributed by atoms with Crippen molar-refractivity contribution < 1.29 is 46.6 Å². The molecule has 0 radical (unpaired) electrons. The molecule has 2 aromatic heterocycles. The van der Waals surface area contributed by atoms with Crippen molar-refractivity contribution in [2.24, 2.45) is 17.8 Å². The zero-order chi connectivity index (χ0) is 34.2. The van der Waals surface area contributed by atoms with Crippen LogP contribution in [0.15, 0.2) is 17.8 Å². The molecule has 0 bridgehead atoms. The summed E-state index contributed by atoms with van der Waals surface area (Å²) in [4.78, 5) is 64.1. The highest BCUT2D eigenvalue weighted by atomic mass is 32.1. The Morgan fingerprint density at radius 3 is 2.30 bits per heavy atom. The van der Waals surface area contributed by atoms with Crippen LogP contribution in [0.1, 0.15) is 79.9 Å². The normalized spacial score (nSPS) is 16.1. The Kier molecular flexibility index (Phi) is 13.0. The first-order valence-corrected chi connectivity index (χ1v) is 15.7. The molecule has 1 aliphatic rings. The smallest absolute Gasteiger partial charge is 0.419 e. The molecule has 1 fully saturated rings. The Morgan fingerprint density at radius 2 is 1.78 bits per heavy atom. The predicted octanol–water partition coefficient (Wildman–Crippen LogP) is 4.01. The average Bonchev–Trinajstić information content (AvgIpc) is 3.46. The van der Waals surface area contributed by atoms with Crippen LogP contribution < -0.4 is 5.32 Å². The zero-order valence-electron chi connectivity index (χ0n) is 26.6. The van der Waals surface area contributed by atoms with Crippen molar-refractivity contribution in [3.63, 3.8) is 0 Å². The van der Waals surface area contributed by atoms with E-state index < -0.39 is 47.6 Å². The monoisotopic (exact) mass is 671 g/mol. The molecule has 12 nitrogen and oxygen atoms in total. The first-order valence-electron chi connectivity index (χ1n) is 14.8. The minimum absolute atomic E-state index is 0.0109. The molecule has 0 spiro atoms. The number of nitrogens with zero attached hydrogens (tertiary/aromatic N) is 4. The summed E-state index contributed by atoms with van der Waals surface area (Å²) >= 11 is 1.11. The summed E-state index contributed by atoms with van der Waals surface area (Å²) in [7, 11) is 2.94. The summed E-state index contributed by atoms with van der Waals surface area (Å²) < 4.78 is 54.5. The summed E-state index contributed by atoms with van der Waals surface area (Å²) in [5, 5.41) is 4.62. The van der Waals surface area contributed by atoms with Gasteiger partial charge in [-0.3, -0.25) is 19.2 Å². The fourth-order valence-electron chi connectivity index (χ4n) is 5.02. The number of nitrogens with one attached hydrogen (secondary N) is 1. The number of esters is 2. The number of carbonyl (C=O) groups excluding carboxylic acids is 4.